The fourth-order valence-electron chi connectivity index (χ4n) is 3.04. The number of anilines is 1. The van der Waals surface area contributed by atoms with Crippen LogP contribution in [0, 0.1) is 6.92 Å². The number of aromatic nitrogens is 1. The van der Waals surface area contributed by atoms with E-state index in [0.29, 0.717) is 17.1 Å². The zero-order valence-corrected chi connectivity index (χ0v) is 18.7. The van der Waals surface area contributed by atoms with E-state index in [0.717, 1.165) is 40.5 Å². The predicted octanol–water partition coefficient (Wildman–Crippen LogP) is 5.67. The molecule has 0 saturated carbocycles. The number of benzene rings is 2. The van der Waals surface area contributed by atoms with Gasteiger partial charge in [-0.25, -0.2) is 4.98 Å². The number of aryl methyl sites for hydroxylation is 1. The first kappa shape index (κ1) is 22.6. The van der Waals surface area contributed by atoms with Crippen LogP contribution in [0.1, 0.15) is 29.8 Å². The molecule has 0 radical (unpaired) electrons. The van der Waals surface area contributed by atoms with Crippen molar-refractivity contribution in [3.8, 4) is 0 Å². The maximum atomic E-state index is 13.3. The third-order valence-corrected chi connectivity index (χ3v) is 6.10. The van der Waals surface area contributed by atoms with Crippen LogP contribution in [0.5, 0.6) is 0 Å². The smallest absolute Gasteiger partial charge is 0.261 e. The van der Waals surface area contributed by atoms with Crippen molar-refractivity contribution in [2.75, 3.05) is 31.1 Å². The second kappa shape index (κ2) is 10.2. The molecule has 0 bridgehead atoms. The van der Waals surface area contributed by atoms with Gasteiger partial charge in [0.15, 0.2) is 5.13 Å². The number of rotatable bonds is 7. The Morgan fingerprint density at radius 2 is 1.79 bits per heavy atom. The van der Waals surface area contributed by atoms with Crippen LogP contribution in [-0.2, 0) is 0 Å². The summed E-state index contributed by atoms with van der Waals surface area (Å²) in [4.78, 5) is 22.2. The summed E-state index contributed by atoms with van der Waals surface area (Å²) in [7, 11) is 0. The summed E-state index contributed by atoms with van der Waals surface area (Å²) in [5.41, 5.74) is 2.58. The monoisotopic (exact) mass is 437 g/mol. The van der Waals surface area contributed by atoms with Crippen molar-refractivity contribution in [1.82, 2.24) is 9.88 Å². The van der Waals surface area contributed by atoms with Crippen LogP contribution in [0.15, 0.2) is 42.5 Å². The molecule has 1 amide bonds. The van der Waals surface area contributed by atoms with Gasteiger partial charge in [0.05, 0.1) is 20.8 Å². The predicted molar refractivity (Wildman–Crippen MR) is 123 cm³/mol. The number of amides is 1. The van der Waals surface area contributed by atoms with Crippen LogP contribution >= 0.6 is 35.3 Å². The first-order chi connectivity index (χ1) is 13.0. The lowest BCUT2D eigenvalue weighted by Gasteiger charge is -2.25. The van der Waals surface area contributed by atoms with Crippen molar-refractivity contribution in [2.45, 2.75) is 20.8 Å². The minimum Gasteiger partial charge on any atom is -0.302 e. The number of fused-ring (bicyclic) bond motifs is 1. The second-order valence-electron chi connectivity index (χ2n) is 6.38. The molecule has 3 rings (SSSR count). The molecule has 4 nitrogen and oxygen atoms in total. The summed E-state index contributed by atoms with van der Waals surface area (Å²) in [6, 6.07) is 13.3. The second-order valence-corrected chi connectivity index (χ2v) is 7.80. The fourth-order valence-corrected chi connectivity index (χ4v) is 4.32. The third-order valence-electron chi connectivity index (χ3n) is 4.72. The summed E-state index contributed by atoms with van der Waals surface area (Å²) in [6.07, 6.45) is 0. The lowest BCUT2D eigenvalue weighted by Crippen LogP contribution is -2.39. The van der Waals surface area contributed by atoms with Gasteiger partial charge in [-0.1, -0.05) is 61.1 Å². The first-order valence-electron chi connectivity index (χ1n) is 9.20. The van der Waals surface area contributed by atoms with Crippen molar-refractivity contribution in [3.63, 3.8) is 0 Å². The van der Waals surface area contributed by atoms with Crippen molar-refractivity contribution in [2.24, 2.45) is 0 Å². The molecule has 3 aromatic rings. The largest absolute Gasteiger partial charge is 0.302 e. The van der Waals surface area contributed by atoms with Gasteiger partial charge < -0.3 is 4.90 Å². The number of thiazole rings is 1. The summed E-state index contributed by atoms with van der Waals surface area (Å²) < 4.78 is 1.09. The van der Waals surface area contributed by atoms with Crippen molar-refractivity contribution in [1.29, 1.82) is 0 Å². The average molecular weight is 438 g/mol. The van der Waals surface area contributed by atoms with E-state index in [-0.39, 0.29) is 18.3 Å². The first-order valence-corrected chi connectivity index (χ1v) is 10.4. The molecule has 0 spiro atoms. The van der Waals surface area contributed by atoms with Crippen molar-refractivity contribution >= 4 is 56.6 Å². The van der Waals surface area contributed by atoms with Crippen molar-refractivity contribution in [3.05, 3.63) is 58.6 Å². The fraction of sp³-hybridized carbons (Fsp3) is 0.333. The molecule has 0 atom stereocenters. The van der Waals surface area contributed by atoms with Crippen LogP contribution in [0.2, 0.25) is 5.02 Å². The minimum atomic E-state index is -0.107. The molecule has 0 unspecified atom stereocenters. The summed E-state index contributed by atoms with van der Waals surface area (Å²) in [6.45, 7) is 9.56. The van der Waals surface area contributed by atoms with E-state index in [4.69, 9.17) is 16.6 Å². The van der Waals surface area contributed by atoms with E-state index in [9.17, 15) is 4.79 Å². The van der Waals surface area contributed by atoms with Crippen LogP contribution in [-0.4, -0.2) is 42.0 Å². The summed E-state index contributed by atoms with van der Waals surface area (Å²) >= 11 is 7.84. The topological polar surface area (TPSA) is 36.4 Å². The maximum Gasteiger partial charge on any atom is 0.261 e. The number of nitrogens with zero attached hydrogens (tertiary/aromatic N) is 3. The van der Waals surface area contributed by atoms with Gasteiger partial charge in [-0.3, -0.25) is 9.69 Å². The molecule has 0 N–H and O–H groups in total. The lowest BCUT2D eigenvalue weighted by atomic mass is 10.2. The molecule has 0 saturated heterocycles. The van der Waals surface area contributed by atoms with Crippen LogP contribution < -0.4 is 4.90 Å². The average Bonchev–Trinajstić information content (AvgIpc) is 3.10. The highest BCUT2D eigenvalue weighted by molar-refractivity contribution is 7.22. The van der Waals surface area contributed by atoms with Crippen LogP contribution in [0.3, 0.4) is 0 Å². The molecule has 0 fully saturated rings. The molecule has 150 valence electrons. The maximum absolute atomic E-state index is 13.3. The van der Waals surface area contributed by atoms with Gasteiger partial charge in [0.25, 0.3) is 5.91 Å². The number of hydrogen-bond donors (Lipinski definition) is 0. The van der Waals surface area contributed by atoms with Crippen molar-refractivity contribution < 1.29 is 4.79 Å². The molecule has 7 heteroatoms. The number of hydrogen-bond acceptors (Lipinski definition) is 4. The van der Waals surface area contributed by atoms with Gasteiger partial charge in [0, 0.05) is 13.1 Å². The number of halogens is 2. The van der Waals surface area contributed by atoms with Gasteiger partial charge >= 0.3 is 0 Å². The number of likely N-dealkylation sites (N-methyl/N-ethyl adjacent to an activating group) is 1. The zero-order chi connectivity index (χ0) is 19.4. The van der Waals surface area contributed by atoms with Gasteiger partial charge in [0.1, 0.15) is 0 Å². The highest BCUT2D eigenvalue weighted by atomic mass is 35.5. The SMILES string of the molecule is CCN(CC)CCN(C(=O)c1ccccc1Cl)c1nc2c(C)cccc2s1.Cl. The van der Waals surface area contributed by atoms with E-state index in [1.807, 2.05) is 37.3 Å². The minimum absolute atomic E-state index is 0. The zero-order valence-electron chi connectivity index (χ0n) is 16.3. The molecule has 28 heavy (non-hydrogen) atoms. The van der Waals surface area contributed by atoms with Gasteiger partial charge in [-0.05, 0) is 43.8 Å². The van der Waals surface area contributed by atoms with E-state index in [2.05, 4.69) is 18.7 Å². The van der Waals surface area contributed by atoms with Gasteiger partial charge in [-0.2, -0.15) is 0 Å². The number of carbonyl (C=O) groups excluding carboxylic acids is 1. The van der Waals surface area contributed by atoms with E-state index < -0.39 is 0 Å². The number of carbonyl (C=O) groups is 1. The summed E-state index contributed by atoms with van der Waals surface area (Å²) in [5.74, 6) is -0.107. The summed E-state index contributed by atoms with van der Waals surface area (Å²) in [5, 5.41) is 1.18. The van der Waals surface area contributed by atoms with E-state index in [1.165, 1.54) is 0 Å². The van der Waals surface area contributed by atoms with Gasteiger partial charge in [-0.15, -0.1) is 12.4 Å². The molecule has 0 aliphatic heterocycles. The standard InChI is InChI=1S/C21H24ClN3OS.ClH/c1-4-24(5-2)13-14-25(20(26)16-10-6-7-11-17(16)22)21-23-19-15(3)9-8-12-18(19)27-21;/h6-12H,4-5,13-14H2,1-3H3;1H. The normalized spacial score (nSPS) is 10.9. The Morgan fingerprint density at radius 1 is 1.07 bits per heavy atom. The highest BCUT2D eigenvalue weighted by Crippen LogP contribution is 2.32. The van der Waals surface area contributed by atoms with Crippen LogP contribution in [0.4, 0.5) is 5.13 Å². The van der Waals surface area contributed by atoms with E-state index >= 15 is 0 Å². The Balaban J connectivity index is 0.00000280. The molecule has 0 aliphatic carbocycles. The molecule has 1 heterocycles. The highest BCUT2D eigenvalue weighted by Gasteiger charge is 2.23. The van der Waals surface area contributed by atoms with E-state index in [1.54, 1.807) is 28.4 Å². The molecule has 2 aromatic carbocycles. The molecular formula is C21H25Cl2N3OS. The van der Waals surface area contributed by atoms with Crippen LogP contribution in [0.25, 0.3) is 10.2 Å². The molecule has 1 aromatic heterocycles. The Hall–Kier alpha value is -1.66. The Labute approximate surface area is 181 Å². The molecular weight excluding hydrogens is 413 g/mol. The number of para-hydroxylation sites is 1. The molecule has 0 aliphatic rings. The Bertz CT molecular complexity index is 940. The Morgan fingerprint density at radius 3 is 2.43 bits per heavy atom. The van der Waals surface area contributed by atoms with Gasteiger partial charge in [0.2, 0.25) is 0 Å². The lowest BCUT2D eigenvalue weighted by molar-refractivity contribution is 0.0984. The quantitative estimate of drug-likeness (QED) is 0.477. The third kappa shape index (κ3) is 4.84. The Kier molecular flexibility index (Phi) is 8.25.